The molecule has 0 saturated carbocycles. The van der Waals surface area contributed by atoms with Crippen LogP contribution in [0, 0.1) is 0 Å². The van der Waals surface area contributed by atoms with E-state index in [1.807, 2.05) is 13.1 Å². The summed E-state index contributed by atoms with van der Waals surface area (Å²) in [5.41, 5.74) is 0. The molecule has 2 heterocycles. The van der Waals surface area contributed by atoms with Crippen molar-refractivity contribution >= 4 is 27.7 Å². The summed E-state index contributed by atoms with van der Waals surface area (Å²) < 4.78 is 0.900. The molecule has 98 valence electrons. The smallest absolute Gasteiger partial charge is 0.239 e. The molecular formula is C12H17BrN4O. The van der Waals surface area contributed by atoms with Crippen LogP contribution in [-0.4, -0.2) is 48.5 Å². The number of carbonyl (C=O) groups is 1. The van der Waals surface area contributed by atoms with Crippen molar-refractivity contribution in [2.24, 2.45) is 0 Å². The molecule has 1 aromatic heterocycles. The van der Waals surface area contributed by atoms with Gasteiger partial charge in [-0.15, -0.1) is 0 Å². The largest absolute Gasteiger partial charge is 0.316 e. The van der Waals surface area contributed by atoms with E-state index in [1.54, 1.807) is 12.3 Å². The van der Waals surface area contributed by atoms with Crippen molar-refractivity contribution < 1.29 is 4.79 Å². The van der Waals surface area contributed by atoms with Gasteiger partial charge in [0.25, 0.3) is 0 Å². The molecule has 0 bridgehead atoms. The molecule has 1 unspecified atom stereocenters. The highest BCUT2D eigenvalue weighted by Gasteiger charge is 2.22. The Morgan fingerprint density at radius 2 is 2.44 bits per heavy atom. The predicted molar refractivity (Wildman–Crippen MR) is 74.5 cm³/mol. The number of halogens is 1. The van der Waals surface area contributed by atoms with Crippen LogP contribution in [0.2, 0.25) is 0 Å². The maximum atomic E-state index is 11.8. The highest BCUT2D eigenvalue weighted by Crippen LogP contribution is 2.11. The van der Waals surface area contributed by atoms with Crippen molar-refractivity contribution in [3.8, 4) is 0 Å². The zero-order chi connectivity index (χ0) is 13.0. The van der Waals surface area contributed by atoms with E-state index in [1.165, 1.54) is 0 Å². The molecule has 6 heteroatoms. The van der Waals surface area contributed by atoms with Crippen LogP contribution < -0.4 is 10.6 Å². The molecule has 18 heavy (non-hydrogen) atoms. The SMILES string of the molecule is CNC1CCN(CC(=O)Nc2ccc(Br)cn2)C1. The summed E-state index contributed by atoms with van der Waals surface area (Å²) in [5, 5.41) is 6.03. The Balaban J connectivity index is 1.80. The van der Waals surface area contributed by atoms with Crippen molar-refractivity contribution in [1.82, 2.24) is 15.2 Å². The monoisotopic (exact) mass is 312 g/mol. The van der Waals surface area contributed by atoms with Gasteiger partial charge in [-0.2, -0.15) is 0 Å². The summed E-state index contributed by atoms with van der Waals surface area (Å²) in [4.78, 5) is 18.1. The Kier molecular flexibility index (Phi) is 4.68. The minimum absolute atomic E-state index is 0.0124. The first-order valence-electron chi connectivity index (χ1n) is 5.98. The average molecular weight is 313 g/mol. The van der Waals surface area contributed by atoms with Crippen LogP contribution in [0.3, 0.4) is 0 Å². The van der Waals surface area contributed by atoms with E-state index >= 15 is 0 Å². The number of hydrogen-bond donors (Lipinski definition) is 2. The number of anilines is 1. The first-order valence-corrected chi connectivity index (χ1v) is 6.77. The van der Waals surface area contributed by atoms with Gasteiger partial charge >= 0.3 is 0 Å². The molecule has 1 aliphatic heterocycles. The third kappa shape index (κ3) is 3.76. The van der Waals surface area contributed by atoms with Crippen molar-refractivity contribution in [2.75, 3.05) is 32.0 Å². The first-order chi connectivity index (χ1) is 8.67. The zero-order valence-corrected chi connectivity index (χ0v) is 11.9. The molecule has 1 atom stereocenters. The van der Waals surface area contributed by atoms with Crippen molar-refractivity contribution in [2.45, 2.75) is 12.5 Å². The van der Waals surface area contributed by atoms with Crippen molar-refractivity contribution in [3.05, 3.63) is 22.8 Å². The maximum absolute atomic E-state index is 11.8. The normalized spacial score (nSPS) is 20.0. The van der Waals surface area contributed by atoms with E-state index in [2.05, 4.69) is 36.4 Å². The van der Waals surface area contributed by atoms with Crippen LogP contribution in [0.25, 0.3) is 0 Å². The Morgan fingerprint density at radius 1 is 1.61 bits per heavy atom. The minimum atomic E-state index is -0.0124. The molecule has 0 aliphatic carbocycles. The number of nitrogens with zero attached hydrogens (tertiary/aromatic N) is 2. The lowest BCUT2D eigenvalue weighted by Crippen LogP contribution is -2.34. The van der Waals surface area contributed by atoms with Gasteiger partial charge in [0.1, 0.15) is 5.82 Å². The minimum Gasteiger partial charge on any atom is -0.316 e. The molecule has 1 amide bonds. The van der Waals surface area contributed by atoms with Crippen LogP contribution in [0.15, 0.2) is 22.8 Å². The van der Waals surface area contributed by atoms with E-state index in [0.717, 1.165) is 24.0 Å². The van der Waals surface area contributed by atoms with Gasteiger partial charge in [-0.25, -0.2) is 4.98 Å². The summed E-state index contributed by atoms with van der Waals surface area (Å²) in [7, 11) is 1.96. The van der Waals surface area contributed by atoms with E-state index in [4.69, 9.17) is 0 Å². The molecule has 0 radical (unpaired) electrons. The van der Waals surface area contributed by atoms with Gasteiger partial charge in [0, 0.05) is 29.8 Å². The van der Waals surface area contributed by atoms with Crippen LogP contribution in [0.1, 0.15) is 6.42 Å². The third-order valence-corrected chi connectivity index (χ3v) is 3.51. The fraction of sp³-hybridized carbons (Fsp3) is 0.500. The van der Waals surface area contributed by atoms with Gasteiger partial charge in [0.05, 0.1) is 6.54 Å². The summed E-state index contributed by atoms with van der Waals surface area (Å²) in [5.74, 6) is 0.578. The van der Waals surface area contributed by atoms with Crippen molar-refractivity contribution in [3.63, 3.8) is 0 Å². The molecule has 1 aliphatic rings. The van der Waals surface area contributed by atoms with Crippen LogP contribution in [0.5, 0.6) is 0 Å². The Hall–Kier alpha value is -0.980. The number of rotatable bonds is 4. The number of hydrogen-bond acceptors (Lipinski definition) is 4. The van der Waals surface area contributed by atoms with E-state index in [0.29, 0.717) is 18.4 Å². The van der Waals surface area contributed by atoms with E-state index in [-0.39, 0.29) is 5.91 Å². The second-order valence-electron chi connectivity index (χ2n) is 4.42. The molecule has 1 fully saturated rings. The van der Waals surface area contributed by atoms with E-state index < -0.39 is 0 Å². The topological polar surface area (TPSA) is 57.3 Å². The van der Waals surface area contributed by atoms with Gasteiger partial charge in [-0.3, -0.25) is 9.69 Å². The summed E-state index contributed by atoms with van der Waals surface area (Å²) >= 11 is 3.31. The number of likely N-dealkylation sites (N-methyl/N-ethyl adjacent to an activating group) is 1. The average Bonchev–Trinajstić information content (AvgIpc) is 2.79. The highest BCUT2D eigenvalue weighted by molar-refractivity contribution is 9.10. The summed E-state index contributed by atoms with van der Waals surface area (Å²) in [6, 6.07) is 4.14. The molecule has 2 rings (SSSR count). The summed E-state index contributed by atoms with van der Waals surface area (Å²) in [6.07, 6.45) is 2.77. The Labute approximate surface area is 115 Å². The van der Waals surface area contributed by atoms with Crippen LogP contribution in [-0.2, 0) is 4.79 Å². The highest BCUT2D eigenvalue weighted by atomic mass is 79.9. The van der Waals surface area contributed by atoms with Crippen LogP contribution in [0.4, 0.5) is 5.82 Å². The quantitative estimate of drug-likeness (QED) is 0.873. The van der Waals surface area contributed by atoms with Gasteiger partial charge in [-0.05, 0) is 41.5 Å². The Bertz CT molecular complexity index is 409. The van der Waals surface area contributed by atoms with E-state index in [9.17, 15) is 4.79 Å². The number of amides is 1. The van der Waals surface area contributed by atoms with Crippen molar-refractivity contribution in [1.29, 1.82) is 0 Å². The second kappa shape index (κ2) is 6.26. The molecule has 0 spiro atoms. The number of nitrogens with one attached hydrogen (secondary N) is 2. The third-order valence-electron chi connectivity index (χ3n) is 3.04. The molecule has 1 saturated heterocycles. The lowest BCUT2D eigenvalue weighted by Gasteiger charge is -2.15. The fourth-order valence-electron chi connectivity index (χ4n) is 2.05. The lowest BCUT2D eigenvalue weighted by atomic mass is 10.3. The zero-order valence-electron chi connectivity index (χ0n) is 10.3. The fourth-order valence-corrected chi connectivity index (χ4v) is 2.28. The number of aromatic nitrogens is 1. The molecule has 2 N–H and O–H groups in total. The van der Waals surface area contributed by atoms with Crippen LogP contribution >= 0.6 is 15.9 Å². The number of pyridine rings is 1. The lowest BCUT2D eigenvalue weighted by molar-refractivity contribution is -0.117. The predicted octanol–water partition coefficient (Wildman–Crippen LogP) is 1.08. The van der Waals surface area contributed by atoms with Gasteiger partial charge in [0.2, 0.25) is 5.91 Å². The van der Waals surface area contributed by atoms with Gasteiger partial charge in [-0.1, -0.05) is 0 Å². The molecular weight excluding hydrogens is 296 g/mol. The summed E-state index contributed by atoms with van der Waals surface area (Å²) in [6.45, 7) is 2.32. The van der Waals surface area contributed by atoms with Gasteiger partial charge in [0.15, 0.2) is 0 Å². The number of likely N-dealkylation sites (tertiary alicyclic amines) is 1. The molecule has 1 aromatic rings. The molecule has 0 aromatic carbocycles. The van der Waals surface area contributed by atoms with Gasteiger partial charge < -0.3 is 10.6 Å². The number of carbonyl (C=O) groups excluding carboxylic acids is 1. The standard InChI is InChI=1S/C12H17BrN4O/c1-14-10-4-5-17(7-10)8-12(18)16-11-3-2-9(13)6-15-11/h2-3,6,10,14H,4-5,7-8H2,1H3,(H,15,16,18). The second-order valence-corrected chi connectivity index (χ2v) is 5.33. The Morgan fingerprint density at radius 3 is 3.06 bits per heavy atom. The maximum Gasteiger partial charge on any atom is 0.239 e. The molecule has 5 nitrogen and oxygen atoms in total. The first kappa shape index (κ1) is 13.5.